The number of hydrogen-bond acceptors (Lipinski definition) is 6. The maximum Gasteiger partial charge on any atom is 0.312 e. The molecule has 0 aromatic heterocycles. The summed E-state index contributed by atoms with van der Waals surface area (Å²) in [5, 5.41) is 8.79. The third-order valence-corrected chi connectivity index (χ3v) is 6.95. The van der Waals surface area contributed by atoms with E-state index in [-0.39, 0.29) is 26.1 Å². The number of piperazine rings is 1. The predicted molar refractivity (Wildman–Crippen MR) is 101 cm³/mol. The molecule has 1 aromatic carbocycles. The highest BCUT2D eigenvalue weighted by molar-refractivity contribution is 9.10. The number of carboxylic acids is 1. The third kappa shape index (κ3) is 3.96. The molecule has 2 atom stereocenters. The first-order valence-corrected chi connectivity index (χ1v) is 10.5. The van der Waals surface area contributed by atoms with Gasteiger partial charge in [0, 0.05) is 49.6 Å². The molecule has 2 fully saturated rings. The minimum Gasteiger partial charge on any atom is -0.771 e. The molecule has 1 aromatic rings. The van der Waals surface area contributed by atoms with E-state index in [4.69, 9.17) is 4.74 Å². The van der Waals surface area contributed by atoms with Gasteiger partial charge in [-0.3, -0.25) is 13.9 Å². The van der Waals surface area contributed by atoms with E-state index in [1.165, 1.54) is 0 Å². The highest BCUT2D eigenvalue weighted by Gasteiger charge is 2.50. The quantitative estimate of drug-likeness (QED) is 0.688. The van der Waals surface area contributed by atoms with E-state index >= 15 is 0 Å². The fourth-order valence-electron chi connectivity index (χ4n) is 3.82. The summed E-state index contributed by atoms with van der Waals surface area (Å²) in [7, 11) is 0. The fourth-order valence-corrected chi connectivity index (χ4v) is 5.25. The van der Waals surface area contributed by atoms with Crippen molar-refractivity contribution in [3.05, 3.63) is 28.7 Å². The van der Waals surface area contributed by atoms with Crippen molar-refractivity contribution in [1.29, 1.82) is 0 Å². The normalized spacial score (nSPS) is 23.4. The van der Waals surface area contributed by atoms with Crippen LogP contribution in [0.5, 0.6) is 0 Å². The van der Waals surface area contributed by atoms with E-state index in [9.17, 15) is 18.7 Å². The van der Waals surface area contributed by atoms with E-state index in [0.717, 1.165) is 10.2 Å². The van der Waals surface area contributed by atoms with Crippen molar-refractivity contribution in [2.75, 3.05) is 44.3 Å². The summed E-state index contributed by atoms with van der Waals surface area (Å²) >= 11 is 0.914. The highest BCUT2D eigenvalue weighted by Crippen LogP contribution is 2.39. The van der Waals surface area contributed by atoms with Gasteiger partial charge in [-0.05, 0) is 48.2 Å². The lowest BCUT2D eigenvalue weighted by Crippen LogP contribution is -2.60. The van der Waals surface area contributed by atoms with Crippen LogP contribution in [0, 0.1) is 5.41 Å². The Kier molecular flexibility index (Phi) is 6.34. The van der Waals surface area contributed by atoms with Crippen LogP contribution in [0.25, 0.3) is 0 Å². The Hall–Kier alpha value is -1.00. The lowest BCUT2D eigenvalue weighted by molar-refractivity contribution is -0.158. The van der Waals surface area contributed by atoms with Gasteiger partial charge in [0.15, 0.2) is 0 Å². The second-order valence-electron chi connectivity index (χ2n) is 6.69. The lowest BCUT2D eigenvalue weighted by atomic mass is 9.79. The average Bonchev–Trinajstić information content (AvgIpc) is 2.63. The SMILES string of the molecule is O=C(O)C1(C(N2CCN(c3ccc(Br)cc3)CC2)S(=O)[O-])CCOCC1. The molecule has 3 rings (SSSR count). The van der Waals surface area contributed by atoms with Gasteiger partial charge in [0.1, 0.15) is 0 Å². The Labute approximate surface area is 163 Å². The van der Waals surface area contributed by atoms with Crippen LogP contribution in [0.2, 0.25) is 0 Å². The van der Waals surface area contributed by atoms with Crippen LogP contribution in [0.1, 0.15) is 12.8 Å². The zero-order chi connectivity index (χ0) is 18.7. The molecule has 7 nitrogen and oxygen atoms in total. The smallest absolute Gasteiger partial charge is 0.312 e. The number of nitrogens with zero attached hydrogens (tertiary/aromatic N) is 2. The van der Waals surface area contributed by atoms with Crippen molar-refractivity contribution in [2.24, 2.45) is 5.41 Å². The average molecular weight is 446 g/mol. The van der Waals surface area contributed by atoms with E-state index in [1.54, 1.807) is 4.90 Å². The van der Waals surface area contributed by atoms with Gasteiger partial charge in [0.05, 0.1) is 10.8 Å². The molecule has 9 heteroatoms. The van der Waals surface area contributed by atoms with Gasteiger partial charge in [-0.25, -0.2) is 0 Å². The van der Waals surface area contributed by atoms with Crippen molar-refractivity contribution in [3.8, 4) is 0 Å². The molecule has 0 radical (unpaired) electrons. The Morgan fingerprint density at radius 2 is 1.77 bits per heavy atom. The standard InChI is InChI=1S/C17H23BrN2O5S/c18-13-1-3-14(4-2-13)19-7-9-20(10-8-19)15(26(23)24)17(16(21)22)5-11-25-12-6-17/h1-4,15H,5-12H2,(H,21,22)(H,23,24)/p-1. The molecule has 2 saturated heterocycles. The van der Waals surface area contributed by atoms with Crippen LogP contribution in [0.3, 0.4) is 0 Å². The van der Waals surface area contributed by atoms with Crippen LogP contribution in [0.15, 0.2) is 28.7 Å². The van der Waals surface area contributed by atoms with Crippen molar-refractivity contribution >= 4 is 38.7 Å². The minimum atomic E-state index is -2.50. The molecule has 2 unspecified atom stereocenters. The first-order chi connectivity index (χ1) is 12.4. The molecule has 0 amide bonds. The minimum absolute atomic E-state index is 0.216. The molecule has 144 valence electrons. The van der Waals surface area contributed by atoms with E-state index < -0.39 is 27.8 Å². The van der Waals surface area contributed by atoms with Crippen LogP contribution < -0.4 is 4.90 Å². The molecular weight excluding hydrogens is 424 g/mol. The lowest BCUT2D eigenvalue weighted by Gasteiger charge is -2.48. The molecule has 0 bridgehead atoms. The number of rotatable bonds is 5. The van der Waals surface area contributed by atoms with E-state index in [0.29, 0.717) is 26.2 Å². The highest BCUT2D eigenvalue weighted by atomic mass is 79.9. The van der Waals surface area contributed by atoms with Gasteiger partial charge in [-0.1, -0.05) is 15.9 Å². The maximum atomic E-state index is 12.0. The first-order valence-electron chi connectivity index (χ1n) is 8.58. The van der Waals surface area contributed by atoms with Crippen molar-refractivity contribution in [3.63, 3.8) is 0 Å². The van der Waals surface area contributed by atoms with Crippen LogP contribution in [-0.4, -0.2) is 69.5 Å². The molecule has 2 heterocycles. The molecule has 0 aliphatic carbocycles. The number of anilines is 1. The Morgan fingerprint density at radius 3 is 2.27 bits per heavy atom. The summed E-state index contributed by atoms with van der Waals surface area (Å²) in [5.74, 6) is -1.05. The summed E-state index contributed by atoms with van der Waals surface area (Å²) < 4.78 is 30.4. The summed E-state index contributed by atoms with van der Waals surface area (Å²) in [6.45, 7) is 2.87. The number of halogens is 1. The van der Waals surface area contributed by atoms with Crippen LogP contribution in [0.4, 0.5) is 5.69 Å². The molecule has 2 aliphatic rings. The number of ether oxygens (including phenoxy) is 1. The fraction of sp³-hybridized carbons (Fsp3) is 0.588. The zero-order valence-corrected chi connectivity index (χ0v) is 16.7. The second-order valence-corrected chi connectivity index (χ2v) is 8.57. The molecule has 1 N–H and O–H groups in total. The summed E-state index contributed by atoms with van der Waals surface area (Å²) in [5.41, 5.74) is -0.225. The van der Waals surface area contributed by atoms with Gasteiger partial charge < -0.3 is 19.3 Å². The number of hydrogen-bond donors (Lipinski definition) is 1. The molecule has 0 saturated carbocycles. The largest absolute Gasteiger partial charge is 0.771 e. The second kappa shape index (κ2) is 8.35. The third-order valence-electron chi connectivity index (χ3n) is 5.30. The molecule has 26 heavy (non-hydrogen) atoms. The molecular formula is C17H22BrN2O5S-. The Balaban J connectivity index is 1.75. The van der Waals surface area contributed by atoms with Crippen molar-refractivity contribution in [2.45, 2.75) is 18.2 Å². The van der Waals surface area contributed by atoms with Gasteiger partial charge in [-0.2, -0.15) is 0 Å². The van der Waals surface area contributed by atoms with Gasteiger partial charge in [0.2, 0.25) is 0 Å². The van der Waals surface area contributed by atoms with Gasteiger partial charge >= 0.3 is 5.97 Å². The summed E-state index contributed by atoms with van der Waals surface area (Å²) in [4.78, 5) is 16.0. The van der Waals surface area contributed by atoms with Crippen LogP contribution >= 0.6 is 15.9 Å². The summed E-state index contributed by atoms with van der Waals surface area (Å²) in [6.07, 6.45) is 0.432. The molecule has 0 spiro atoms. The zero-order valence-electron chi connectivity index (χ0n) is 14.3. The van der Waals surface area contributed by atoms with Crippen molar-refractivity contribution in [1.82, 2.24) is 4.90 Å². The van der Waals surface area contributed by atoms with Gasteiger partial charge in [0.25, 0.3) is 0 Å². The maximum absolute atomic E-state index is 12.0. The number of carboxylic acid groups (broad SMARTS) is 1. The first kappa shape index (κ1) is 19.8. The Bertz CT molecular complexity index is 658. The number of carbonyl (C=O) groups is 1. The topological polar surface area (TPSA) is 93.1 Å². The van der Waals surface area contributed by atoms with Crippen LogP contribution in [-0.2, 0) is 20.6 Å². The number of benzene rings is 1. The molecule has 2 aliphatic heterocycles. The van der Waals surface area contributed by atoms with E-state index in [2.05, 4.69) is 20.8 Å². The summed E-state index contributed by atoms with van der Waals surface area (Å²) in [6, 6.07) is 7.97. The van der Waals surface area contributed by atoms with Crippen molar-refractivity contribution < 1.29 is 23.4 Å². The number of aliphatic carboxylic acids is 1. The predicted octanol–water partition coefficient (Wildman–Crippen LogP) is 1.66. The van der Waals surface area contributed by atoms with Gasteiger partial charge in [-0.15, -0.1) is 0 Å². The monoisotopic (exact) mass is 445 g/mol. The van der Waals surface area contributed by atoms with E-state index in [1.807, 2.05) is 24.3 Å². The Morgan fingerprint density at radius 1 is 1.19 bits per heavy atom.